The molecule has 0 aromatic carbocycles. The maximum absolute atomic E-state index is 13.0. The Morgan fingerprint density at radius 2 is 0.461 bits per heavy atom. The minimum Gasteiger partial charge on any atom is -0.463 e. The lowest BCUT2D eigenvalue weighted by atomic mass is 10.0. The number of hydrogen-bond acceptors (Lipinski definition) is 14. The van der Waals surface area contributed by atoms with E-state index in [4.69, 9.17) is 32.3 Å². The van der Waals surface area contributed by atoms with Gasteiger partial charge in [0, 0.05) is 19.3 Å². The molecule has 0 aliphatic rings. The molecule has 0 aromatic rings. The van der Waals surface area contributed by atoms with Gasteiger partial charge in [0.2, 0.25) is 0 Å². The van der Waals surface area contributed by atoms with Crippen LogP contribution in [0.15, 0.2) is 182 Å². The van der Waals surface area contributed by atoms with Crippen LogP contribution in [0.2, 0.25) is 0 Å². The predicted molar refractivity (Wildman–Crippen MR) is 481 cm³/mol. The second kappa shape index (κ2) is 87.9. The first-order chi connectivity index (χ1) is 56.2. The molecule has 0 heterocycles. The quantitative estimate of drug-likeness (QED) is 0.0146. The van der Waals surface area contributed by atoms with Gasteiger partial charge in [0.15, 0.2) is 6.10 Å². The lowest BCUT2D eigenvalue weighted by Gasteiger charge is -2.21. The van der Waals surface area contributed by atoms with Gasteiger partial charge in [0.05, 0.1) is 26.4 Å². The van der Waals surface area contributed by atoms with Crippen molar-refractivity contribution in [3.63, 3.8) is 0 Å². The fourth-order valence-corrected chi connectivity index (χ4v) is 13.4. The Balaban J connectivity index is 4.60. The fraction of sp³-hybridized carbons (Fsp3) is 0.660. The van der Waals surface area contributed by atoms with E-state index in [1.807, 2.05) is 0 Å². The van der Waals surface area contributed by atoms with Crippen molar-refractivity contribution in [2.24, 2.45) is 0 Å². The van der Waals surface area contributed by atoms with Gasteiger partial charge in [-0.1, -0.05) is 357 Å². The first-order valence-corrected chi connectivity index (χ1v) is 48.1. The van der Waals surface area contributed by atoms with Crippen LogP contribution >= 0.6 is 15.6 Å². The van der Waals surface area contributed by atoms with Crippen LogP contribution in [0.25, 0.3) is 0 Å². The highest BCUT2D eigenvalue weighted by atomic mass is 31.2. The Kier molecular flexibility index (Phi) is 83.9. The largest absolute Gasteiger partial charge is 0.472 e. The van der Waals surface area contributed by atoms with Gasteiger partial charge in [-0.25, -0.2) is 9.13 Å². The summed E-state index contributed by atoms with van der Waals surface area (Å²) in [7, 11) is -9.83. The molecule has 5 atom stereocenters. The molecule has 0 bridgehead atoms. The summed E-state index contributed by atoms with van der Waals surface area (Å²) >= 11 is 0. The van der Waals surface area contributed by atoms with Crippen LogP contribution in [0.4, 0.5) is 0 Å². The van der Waals surface area contributed by atoms with Crippen LogP contribution in [0.5, 0.6) is 0 Å². The number of esters is 3. The topological polar surface area (TPSA) is 231 Å². The fourth-order valence-electron chi connectivity index (χ4n) is 11.8. The molecule has 18 heteroatoms. The molecule has 0 radical (unpaired) electrons. The number of phosphoric ester groups is 2. The van der Waals surface area contributed by atoms with Gasteiger partial charge in [-0.05, 0) is 161 Å². The van der Waals surface area contributed by atoms with Crippen LogP contribution in [0.1, 0.15) is 355 Å². The highest BCUT2D eigenvalue weighted by molar-refractivity contribution is 7.47. The highest BCUT2D eigenvalue weighted by Crippen LogP contribution is 2.45. The second-order valence-corrected chi connectivity index (χ2v) is 32.5. The molecule has 115 heavy (non-hydrogen) atoms. The van der Waals surface area contributed by atoms with Gasteiger partial charge in [0.1, 0.15) is 25.4 Å². The Hall–Kier alpha value is -5.35. The molecule has 0 saturated carbocycles. The van der Waals surface area contributed by atoms with E-state index in [0.717, 1.165) is 148 Å². The number of carbonyl (C=O) groups excluding carboxylic acids is 3. The zero-order chi connectivity index (χ0) is 83.6. The first-order valence-electron chi connectivity index (χ1n) is 45.1. The molecule has 4 N–H and O–H groups in total. The van der Waals surface area contributed by atoms with E-state index >= 15 is 0 Å². The number of rotatable bonds is 84. The van der Waals surface area contributed by atoms with Crippen LogP contribution < -0.4 is 0 Å². The Morgan fingerprint density at radius 1 is 0.252 bits per heavy atom. The second-order valence-electron chi connectivity index (χ2n) is 29.6. The number of unbranched alkanes of at least 4 members (excludes halogenated alkanes) is 31. The normalized spacial score (nSPS) is 14.7. The Labute approximate surface area is 700 Å². The summed E-state index contributed by atoms with van der Waals surface area (Å²) < 4.78 is 61.4. The van der Waals surface area contributed by atoms with E-state index in [2.05, 4.69) is 203 Å². The lowest BCUT2D eigenvalue weighted by molar-refractivity contribution is -0.161. The van der Waals surface area contributed by atoms with Crippen molar-refractivity contribution < 1.29 is 75.8 Å². The van der Waals surface area contributed by atoms with Gasteiger partial charge < -0.3 is 34.2 Å². The summed E-state index contributed by atoms with van der Waals surface area (Å²) in [5.41, 5.74) is 0. The van der Waals surface area contributed by atoms with E-state index < -0.39 is 91.5 Å². The number of phosphoric acid groups is 2. The maximum atomic E-state index is 13.0. The molecule has 5 unspecified atom stereocenters. The molecule has 16 nitrogen and oxygen atoms in total. The van der Waals surface area contributed by atoms with Crippen molar-refractivity contribution in [2.75, 3.05) is 39.6 Å². The Bertz CT molecular complexity index is 2820. The van der Waals surface area contributed by atoms with Crippen molar-refractivity contribution >= 4 is 33.6 Å². The van der Waals surface area contributed by atoms with Crippen LogP contribution in [0, 0.1) is 0 Å². The number of ether oxygens (including phenoxy) is 3. The molecule has 0 spiro atoms. The third kappa shape index (κ3) is 89.3. The predicted octanol–water partition coefficient (Wildman–Crippen LogP) is 27.7. The number of allylic oxidation sites excluding steroid dienone is 30. The molecule has 0 saturated heterocycles. The third-order valence-corrected chi connectivity index (χ3v) is 20.5. The standard InChI is InChI=1S/C97H162O16P2/c1-4-7-10-13-16-19-22-25-28-31-34-37-39-41-42-43-44-45-46-47-48-50-52-54-56-59-62-65-68-71-74-77-80-83-95(100)107-86-92(98)87-109-114(103,104)110-88-93(99)89-111-115(105,106)112-91-94(113-97(102)85-82-79-76-73-70-67-64-61-58-53-36-33-30-27-24-21-18-15-12-9-6-3)90-108-96(101)84-81-78-75-72-69-66-63-60-57-55-51-49-40-38-35-32-29-26-23-20-17-14-11-8-5-2/h7,9-10,12,16-21,25-30,34-38,41-42,49,51,53,61,64,70,73,92-94,98-99H,4-6,8,11,13-15,22-24,31-33,39-40,43-48,50,52,54-60,62-63,65-69,71-72,74-91H2,1-3H3,(H,103,104)(H,105,106)/b10-7-,12-9-,19-16-,20-17-,21-18-,28-25-,29-26-,30-27-,37-34-,38-35-,42-41-,51-49-,53-36-,64-61-,73-70-. The monoisotopic (exact) mass is 1650 g/mol. The summed E-state index contributed by atoms with van der Waals surface area (Å²) in [4.78, 5) is 58.9. The van der Waals surface area contributed by atoms with Gasteiger partial charge >= 0.3 is 33.6 Å². The molecule has 0 aliphatic heterocycles. The number of carbonyl (C=O) groups is 3. The van der Waals surface area contributed by atoms with Crippen LogP contribution in [0.3, 0.4) is 0 Å². The van der Waals surface area contributed by atoms with E-state index in [-0.39, 0.29) is 19.3 Å². The minimum absolute atomic E-state index is 0.0425. The minimum atomic E-state index is -4.96. The molecular weight excluding hydrogens is 1480 g/mol. The lowest BCUT2D eigenvalue weighted by Crippen LogP contribution is -2.30. The van der Waals surface area contributed by atoms with Crippen molar-refractivity contribution in [3.05, 3.63) is 182 Å². The highest BCUT2D eigenvalue weighted by Gasteiger charge is 2.29. The van der Waals surface area contributed by atoms with Gasteiger partial charge in [-0.2, -0.15) is 0 Å². The number of aliphatic hydroxyl groups excluding tert-OH is 2. The summed E-state index contributed by atoms with van der Waals surface area (Å²) in [6.45, 7) is 2.39. The molecule has 0 aromatic heterocycles. The summed E-state index contributed by atoms with van der Waals surface area (Å²) in [6, 6.07) is 0. The zero-order valence-corrected chi connectivity index (χ0v) is 73.9. The van der Waals surface area contributed by atoms with Crippen LogP contribution in [-0.4, -0.2) is 95.9 Å². The SMILES string of the molecule is CC/C=C\C/C=C\C/C=C\C/C=C\C/C=C\C/C=C\CCCCC(=O)OC(COC(=O)CCCCCCCCCCC/C=C\C/C=C\C/C=C\C/C=C\CCCCC)COP(=O)(O)OCC(O)COP(=O)(O)OCC(O)COC(=O)CCCCCCCCCCCCCCCCCCC/C=C\C/C=C\C/C=C\C/C=C\C/C=C\CC. The van der Waals surface area contributed by atoms with Crippen molar-refractivity contribution in [3.8, 4) is 0 Å². The maximum Gasteiger partial charge on any atom is 0.472 e. The van der Waals surface area contributed by atoms with Crippen molar-refractivity contribution in [1.82, 2.24) is 0 Å². The number of hydrogen-bond donors (Lipinski definition) is 4. The summed E-state index contributed by atoms with van der Waals surface area (Å²) in [5.74, 6) is -1.63. The van der Waals surface area contributed by atoms with Crippen molar-refractivity contribution in [2.45, 2.75) is 373 Å². The van der Waals surface area contributed by atoms with Gasteiger partial charge in [-0.15, -0.1) is 0 Å². The Morgan fingerprint density at radius 3 is 0.748 bits per heavy atom. The molecule has 0 rings (SSSR count). The van der Waals surface area contributed by atoms with E-state index in [1.165, 1.54) is 141 Å². The van der Waals surface area contributed by atoms with Crippen molar-refractivity contribution in [1.29, 1.82) is 0 Å². The zero-order valence-electron chi connectivity index (χ0n) is 72.1. The average molecular weight is 1650 g/mol. The summed E-state index contributed by atoms with van der Waals surface area (Å²) in [5, 5.41) is 20.7. The third-order valence-electron chi connectivity index (χ3n) is 18.6. The molecule has 0 fully saturated rings. The molecule has 0 aliphatic carbocycles. The van der Waals surface area contributed by atoms with E-state index in [9.17, 15) is 43.5 Å². The number of aliphatic hydroxyl groups is 2. The van der Waals surface area contributed by atoms with E-state index in [1.54, 1.807) is 0 Å². The molecular formula is C97H162O16P2. The van der Waals surface area contributed by atoms with Gasteiger partial charge in [0.25, 0.3) is 0 Å². The van der Waals surface area contributed by atoms with Gasteiger partial charge in [-0.3, -0.25) is 32.5 Å². The molecule has 656 valence electrons. The van der Waals surface area contributed by atoms with Crippen LogP contribution in [-0.2, 0) is 55.8 Å². The smallest absolute Gasteiger partial charge is 0.463 e. The van der Waals surface area contributed by atoms with E-state index in [0.29, 0.717) is 25.7 Å². The first kappa shape index (κ1) is 110. The average Bonchev–Trinajstić information content (AvgIpc) is 0.893. The summed E-state index contributed by atoms with van der Waals surface area (Å²) in [6.07, 6.45) is 115. The molecule has 0 amide bonds.